The summed E-state index contributed by atoms with van der Waals surface area (Å²) >= 11 is 0. The molecule has 3 rings (SSSR count). The number of nitrogens with one attached hydrogen (secondary N) is 2. The van der Waals surface area contributed by atoms with Gasteiger partial charge in [-0.05, 0) is 38.1 Å². The van der Waals surface area contributed by atoms with E-state index in [0.29, 0.717) is 39.0 Å². The summed E-state index contributed by atoms with van der Waals surface area (Å²) in [5, 5.41) is 6.40. The summed E-state index contributed by atoms with van der Waals surface area (Å²) in [6, 6.07) is 3.13. The third-order valence-corrected chi connectivity index (χ3v) is 6.53. The largest absolute Gasteiger partial charge is 0.317 e. The highest BCUT2D eigenvalue weighted by molar-refractivity contribution is 7.89. The maximum absolute atomic E-state index is 14.0. The zero-order valence-corrected chi connectivity index (χ0v) is 12.9. The van der Waals surface area contributed by atoms with Gasteiger partial charge in [0, 0.05) is 19.6 Å². The van der Waals surface area contributed by atoms with Gasteiger partial charge in [0.1, 0.15) is 11.6 Å². The Bertz CT molecular complexity index is 632. The second kappa shape index (κ2) is 5.84. The Labute approximate surface area is 128 Å². The number of nitrogens with zero attached hydrogens (tertiary/aromatic N) is 1. The van der Waals surface area contributed by atoms with Gasteiger partial charge in [0.15, 0.2) is 4.90 Å². The fourth-order valence-corrected chi connectivity index (χ4v) is 5.30. The van der Waals surface area contributed by atoms with Crippen LogP contribution in [0.15, 0.2) is 23.1 Å². The van der Waals surface area contributed by atoms with E-state index in [2.05, 4.69) is 10.6 Å². The molecule has 0 aromatic heterocycles. The molecule has 0 aliphatic carbocycles. The molecule has 1 aromatic carbocycles. The van der Waals surface area contributed by atoms with Crippen LogP contribution in [0, 0.1) is 11.6 Å². The summed E-state index contributed by atoms with van der Waals surface area (Å²) in [5.74, 6) is -2.08. The van der Waals surface area contributed by atoms with Crippen molar-refractivity contribution >= 4 is 10.0 Å². The van der Waals surface area contributed by atoms with E-state index in [-0.39, 0.29) is 6.54 Å². The third-order valence-electron chi connectivity index (χ3n) is 4.48. The lowest BCUT2D eigenvalue weighted by Crippen LogP contribution is -2.65. The summed E-state index contributed by atoms with van der Waals surface area (Å²) in [7, 11) is -4.22. The minimum Gasteiger partial charge on any atom is -0.317 e. The Morgan fingerprint density at radius 1 is 1.05 bits per heavy atom. The lowest BCUT2D eigenvalue weighted by molar-refractivity contribution is 0.108. The van der Waals surface area contributed by atoms with Gasteiger partial charge in [-0.3, -0.25) is 0 Å². The van der Waals surface area contributed by atoms with Crippen LogP contribution in [0.25, 0.3) is 0 Å². The monoisotopic (exact) mass is 331 g/mol. The average Bonchev–Trinajstić information content (AvgIpc) is 2.48. The van der Waals surface area contributed by atoms with Crippen molar-refractivity contribution in [1.82, 2.24) is 14.9 Å². The van der Waals surface area contributed by atoms with Gasteiger partial charge >= 0.3 is 0 Å². The van der Waals surface area contributed by atoms with E-state index >= 15 is 0 Å². The van der Waals surface area contributed by atoms with Crippen LogP contribution in [-0.4, -0.2) is 51.0 Å². The first-order chi connectivity index (χ1) is 10.5. The maximum atomic E-state index is 14.0. The van der Waals surface area contributed by atoms with E-state index in [0.717, 1.165) is 12.1 Å². The van der Waals surface area contributed by atoms with Crippen molar-refractivity contribution in [2.24, 2.45) is 0 Å². The van der Waals surface area contributed by atoms with E-state index in [4.69, 9.17) is 0 Å². The molecule has 122 valence electrons. The molecule has 0 bridgehead atoms. The molecular weight excluding hydrogens is 312 g/mol. The Kier molecular flexibility index (Phi) is 4.19. The first kappa shape index (κ1) is 15.8. The van der Waals surface area contributed by atoms with Gasteiger partial charge in [-0.1, -0.05) is 6.07 Å². The van der Waals surface area contributed by atoms with Crippen molar-refractivity contribution in [3.8, 4) is 0 Å². The molecule has 22 heavy (non-hydrogen) atoms. The minimum atomic E-state index is -4.22. The van der Waals surface area contributed by atoms with E-state index in [1.165, 1.54) is 10.4 Å². The molecule has 2 saturated heterocycles. The zero-order chi connectivity index (χ0) is 15.8. The molecule has 1 aromatic rings. The van der Waals surface area contributed by atoms with Crippen LogP contribution >= 0.6 is 0 Å². The predicted molar refractivity (Wildman–Crippen MR) is 78.0 cm³/mol. The van der Waals surface area contributed by atoms with E-state index in [1.807, 2.05) is 0 Å². The van der Waals surface area contributed by atoms with E-state index in [1.54, 1.807) is 0 Å². The number of hydrogen-bond donors (Lipinski definition) is 2. The van der Waals surface area contributed by atoms with Crippen LogP contribution in [0.3, 0.4) is 0 Å². The molecule has 0 atom stereocenters. The number of piperazine rings is 1. The molecule has 2 aliphatic rings. The maximum Gasteiger partial charge on any atom is 0.249 e. The highest BCUT2D eigenvalue weighted by atomic mass is 32.2. The quantitative estimate of drug-likeness (QED) is 0.837. The Morgan fingerprint density at radius 2 is 1.68 bits per heavy atom. The molecular formula is C14H19F2N3O2S. The first-order valence-electron chi connectivity index (χ1n) is 7.36. The van der Waals surface area contributed by atoms with Gasteiger partial charge in [0.25, 0.3) is 0 Å². The van der Waals surface area contributed by atoms with Crippen molar-refractivity contribution in [3.63, 3.8) is 0 Å². The van der Waals surface area contributed by atoms with Crippen LogP contribution in [0.1, 0.15) is 12.8 Å². The van der Waals surface area contributed by atoms with Crippen molar-refractivity contribution in [2.45, 2.75) is 23.3 Å². The lowest BCUT2D eigenvalue weighted by atomic mass is 9.87. The molecule has 2 fully saturated rings. The molecule has 0 amide bonds. The fourth-order valence-electron chi connectivity index (χ4n) is 3.36. The summed E-state index contributed by atoms with van der Waals surface area (Å²) in [6.45, 7) is 2.57. The van der Waals surface area contributed by atoms with Crippen molar-refractivity contribution in [1.29, 1.82) is 0 Å². The Morgan fingerprint density at radius 3 is 2.32 bits per heavy atom. The SMILES string of the molecule is O=S(=O)(c1c(F)cccc1F)N1CCNCC12CCNCC2. The summed E-state index contributed by atoms with van der Waals surface area (Å²) < 4.78 is 55.1. The molecule has 8 heteroatoms. The molecule has 2 heterocycles. The Hall–Kier alpha value is -1.09. The molecule has 2 aliphatic heterocycles. The number of sulfonamides is 1. The molecule has 0 unspecified atom stereocenters. The second-order valence-corrected chi connectivity index (χ2v) is 7.58. The number of benzene rings is 1. The molecule has 2 N–H and O–H groups in total. The van der Waals surface area contributed by atoms with Crippen LogP contribution in [0.2, 0.25) is 0 Å². The fraction of sp³-hybridized carbons (Fsp3) is 0.571. The average molecular weight is 331 g/mol. The van der Waals surface area contributed by atoms with Gasteiger partial charge < -0.3 is 10.6 Å². The van der Waals surface area contributed by atoms with Gasteiger partial charge in [-0.15, -0.1) is 0 Å². The third kappa shape index (κ3) is 2.54. The standard InChI is InChI=1S/C14H19F2N3O2S/c15-11-2-1-3-12(16)13(11)22(20,21)19-9-8-18-10-14(19)4-6-17-7-5-14/h1-3,17-18H,4-10H2. The number of piperidine rings is 1. The van der Waals surface area contributed by atoms with Crippen LogP contribution in [-0.2, 0) is 10.0 Å². The lowest BCUT2D eigenvalue weighted by Gasteiger charge is -2.48. The number of rotatable bonds is 2. The zero-order valence-electron chi connectivity index (χ0n) is 12.1. The molecule has 5 nitrogen and oxygen atoms in total. The highest BCUT2D eigenvalue weighted by Gasteiger charge is 2.47. The van der Waals surface area contributed by atoms with Crippen molar-refractivity contribution < 1.29 is 17.2 Å². The van der Waals surface area contributed by atoms with Crippen molar-refractivity contribution in [2.75, 3.05) is 32.7 Å². The van der Waals surface area contributed by atoms with Gasteiger partial charge in [0.05, 0.1) is 5.54 Å². The van der Waals surface area contributed by atoms with Crippen LogP contribution in [0.5, 0.6) is 0 Å². The van der Waals surface area contributed by atoms with E-state index < -0.39 is 32.1 Å². The van der Waals surface area contributed by atoms with Gasteiger partial charge in [-0.25, -0.2) is 17.2 Å². The second-order valence-electron chi connectivity index (χ2n) is 5.78. The highest BCUT2D eigenvalue weighted by Crippen LogP contribution is 2.34. The topological polar surface area (TPSA) is 61.4 Å². The van der Waals surface area contributed by atoms with Gasteiger partial charge in [-0.2, -0.15) is 4.31 Å². The number of halogens is 2. The van der Waals surface area contributed by atoms with Crippen LogP contribution < -0.4 is 10.6 Å². The Balaban J connectivity index is 2.06. The summed E-state index contributed by atoms with van der Waals surface area (Å²) in [5.41, 5.74) is -0.614. The normalized spacial score (nSPS) is 22.8. The molecule has 0 radical (unpaired) electrons. The van der Waals surface area contributed by atoms with Gasteiger partial charge in [0.2, 0.25) is 10.0 Å². The summed E-state index contributed by atoms with van der Waals surface area (Å²) in [4.78, 5) is -0.838. The van der Waals surface area contributed by atoms with Crippen molar-refractivity contribution in [3.05, 3.63) is 29.8 Å². The molecule has 0 saturated carbocycles. The summed E-state index contributed by atoms with van der Waals surface area (Å²) in [6.07, 6.45) is 1.24. The smallest absolute Gasteiger partial charge is 0.249 e. The van der Waals surface area contributed by atoms with Crippen LogP contribution in [0.4, 0.5) is 8.78 Å². The predicted octanol–water partition coefficient (Wildman–Crippen LogP) is 0.681. The molecule has 1 spiro atoms. The van der Waals surface area contributed by atoms with E-state index in [9.17, 15) is 17.2 Å². The number of hydrogen-bond acceptors (Lipinski definition) is 4. The first-order valence-corrected chi connectivity index (χ1v) is 8.80. The minimum absolute atomic E-state index is 0.218.